The van der Waals surface area contributed by atoms with Gasteiger partial charge in [0.15, 0.2) is 0 Å². The van der Waals surface area contributed by atoms with Crippen molar-refractivity contribution in [2.24, 2.45) is 0 Å². The lowest BCUT2D eigenvalue weighted by Gasteiger charge is -2.24. The van der Waals surface area contributed by atoms with Crippen molar-refractivity contribution >= 4 is 0 Å². The van der Waals surface area contributed by atoms with Gasteiger partial charge in [-0.05, 0) is 43.9 Å². The monoisotopic (exact) mass is 236 g/mol. The van der Waals surface area contributed by atoms with Crippen LogP contribution in [0.15, 0.2) is 18.2 Å². The van der Waals surface area contributed by atoms with Crippen LogP contribution >= 0.6 is 0 Å². The van der Waals surface area contributed by atoms with Crippen LogP contribution in [-0.4, -0.2) is 28.5 Å². The summed E-state index contributed by atoms with van der Waals surface area (Å²) >= 11 is 0. The summed E-state index contributed by atoms with van der Waals surface area (Å²) in [6.07, 6.45) is 1.63. The van der Waals surface area contributed by atoms with E-state index in [0.29, 0.717) is 6.42 Å². The molecule has 0 amide bonds. The smallest absolute Gasteiger partial charge is 0.122 e. The number of hydrogen-bond donors (Lipinski definition) is 2. The van der Waals surface area contributed by atoms with Crippen LogP contribution in [0.25, 0.3) is 0 Å². The van der Waals surface area contributed by atoms with E-state index in [2.05, 4.69) is 6.07 Å². The average molecular weight is 236 g/mol. The molecule has 2 N–H and O–H groups in total. The molecule has 1 aromatic carbocycles. The quantitative estimate of drug-likeness (QED) is 0.836. The van der Waals surface area contributed by atoms with Gasteiger partial charge in [-0.3, -0.25) is 0 Å². The molecule has 3 heteroatoms. The van der Waals surface area contributed by atoms with Crippen molar-refractivity contribution < 1.29 is 14.9 Å². The fourth-order valence-corrected chi connectivity index (χ4v) is 2.05. The van der Waals surface area contributed by atoms with Crippen molar-refractivity contribution in [3.63, 3.8) is 0 Å². The highest BCUT2D eigenvalue weighted by atomic mass is 16.5. The third-order valence-electron chi connectivity index (χ3n) is 3.28. The number of fused-ring (bicyclic) bond motifs is 1. The summed E-state index contributed by atoms with van der Waals surface area (Å²) in [5, 5.41) is 19.4. The first-order valence-corrected chi connectivity index (χ1v) is 6.12. The van der Waals surface area contributed by atoms with E-state index in [-0.39, 0.29) is 0 Å². The zero-order valence-corrected chi connectivity index (χ0v) is 10.4. The van der Waals surface area contributed by atoms with Crippen LogP contribution in [-0.2, 0) is 12.8 Å². The van der Waals surface area contributed by atoms with E-state index in [1.807, 2.05) is 12.1 Å². The van der Waals surface area contributed by atoms with Crippen molar-refractivity contribution in [2.75, 3.05) is 6.61 Å². The largest absolute Gasteiger partial charge is 0.493 e. The molecule has 1 unspecified atom stereocenters. The van der Waals surface area contributed by atoms with Crippen molar-refractivity contribution in [1.82, 2.24) is 0 Å². The van der Waals surface area contributed by atoms with Crippen LogP contribution in [0.5, 0.6) is 5.75 Å². The molecule has 17 heavy (non-hydrogen) atoms. The minimum atomic E-state index is -1.03. The van der Waals surface area contributed by atoms with Crippen molar-refractivity contribution in [2.45, 2.75) is 44.8 Å². The summed E-state index contributed by atoms with van der Waals surface area (Å²) in [6.45, 7) is 4.04. The van der Waals surface area contributed by atoms with Crippen LogP contribution in [0.4, 0.5) is 0 Å². The molecule has 3 nitrogen and oxygen atoms in total. The van der Waals surface area contributed by atoms with Crippen LogP contribution in [0.2, 0.25) is 0 Å². The topological polar surface area (TPSA) is 49.7 Å². The van der Waals surface area contributed by atoms with E-state index < -0.39 is 11.7 Å². The number of aliphatic hydroxyl groups is 2. The molecule has 2 rings (SSSR count). The number of benzene rings is 1. The van der Waals surface area contributed by atoms with Gasteiger partial charge >= 0.3 is 0 Å². The molecular formula is C14H20O3. The predicted molar refractivity (Wildman–Crippen MR) is 66.3 cm³/mol. The van der Waals surface area contributed by atoms with Gasteiger partial charge in [0, 0.05) is 6.42 Å². The van der Waals surface area contributed by atoms with Gasteiger partial charge in [-0.2, -0.15) is 0 Å². The maximum atomic E-state index is 9.77. The number of hydrogen-bond acceptors (Lipinski definition) is 3. The molecule has 0 aliphatic carbocycles. The van der Waals surface area contributed by atoms with E-state index in [0.717, 1.165) is 25.2 Å². The molecule has 0 bridgehead atoms. The van der Waals surface area contributed by atoms with E-state index in [4.69, 9.17) is 4.74 Å². The zero-order chi connectivity index (χ0) is 12.5. The molecule has 1 aliphatic heterocycles. The summed E-state index contributed by atoms with van der Waals surface area (Å²) in [7, 11) is 0. The predicted octanol–water partition coefficient (Wildman–Crippen LogP) is 1.69. The minimum absolute atomic E-state index is 0.573. The van der Waals surface area contributed by atoms with Crippen molar-refractivity contribution in [3.05, 3.63) is 29.3 Å². The highest BCUT2D eigenvalue weighted by Gasteiger charge is 2.24. The molecule has 1 aromatic rings. The molecule has 1 atom stereocenters. The molecule has 0 radical (unpaired) electrons. The first-order valence-electron chi connectivity index (χ1n) is 6.12. The van der Waals surface area contributed by atoms with Gasteiger partial charge in [-0.15, -0.1) is 0 Å². The molecule has 1 aliphatic rings. The second-order valence-electron chi connectivity index (χ2n) is 5.25. The van der Waals surface area contributed by atoms with E-state index in [1.165, 1.54) is 11.1 Å². The lowest BCUT2D eigenvalue weighted by molar-refractivity contribution is -0.0509. The minimum Gasteiger partial charge on any atom is -0.493 e. The normalized spacial score (nSPS) is 16.5. The highest BCUT2D eigenvalue weighted by molar-refractivity contribution is 5.39. The second kappa shape index (κ2) is 4.67. The van der Waals surface area contributed by atoms with Gasteiger partial charge in [-0.25, -0.2) is 0 Å². The Balaban J connectivity index is 1.96. The average Bonchev–Trinajstić information content (AvgIpc) is 2.71. The number of aryl methyl sites for hydroxylation is 1. The van der Waals surface area contributed by atoms with Gasteiger partial charge in [0.2, 0.25) is 0 Å². The summed E-state index contributed by atoms with van der Waals surface area (Å²) in [5.41, 5.74) is 1.41. The fourth-order valence-electron chi connectivity index (χ4n) is 2.05. The van der Waals surface area contributed by atoms with Crippen molar-refractivity contribution in [3.8, 4) is 5.75 Å². The van der Waals surface area contributed by atoms with Gasteiger partial charge < -0.3 is 14.9 Å². The van der Waals surface area contributed by atoms with Gasteiger partial charge in [0.1, 0.15) is 5.75 Å². The summed E-state index contributed by atoms with van der Waals surface area (Å²) in [6, 6.07) is 6.16. The molecule has 94 valence electrons. The van der Waals surface area contributed by atoms with Crippen LogP contribution in [0, 0.1) is 0 Å². The second-order valence-corrected chi connectivity index (χ2v) is 5.25. The molecule has 0 saturated heterocycles. The number of ether oxygens (including phenoxy) is 1. The Hall–Kier alpha value is -1.06. The highest BCUT2D eigenvalue weighted by Crippen LogP contribution is 2.26. The summed E-state index contributed by atoms with van der Waals surface area (Å²) in [5.74, 6) is 0.983. The zero-order valence-electron chi connectivity index (χ0n) is 10.4. The molecule has 0 saturated carbocycles. The Morgan fingerprint density at radius 1 is 1.41 bits per heavy atom. The van der Waals surface area contributed by atoms with E-state index in [1.54, 1.807) is 13.8 Å². The summed E-state index contributed by atoms with van der Waals surface area (Å²) < 4.78 is 5.44. The third kappa shape index (κ3) is 2.99. The number of rotatable bonds is 4. The maximum absolute atomic E-state index is 9.77. The Morgan fingerprint density at radius 3 is 2.88 bits per heavy atom. The van der Waals surface area contributed by atoms with Crippen LogP contribution < -0.4 is 4.74 Å². The first-order chi connectivity index (χ1) is 7.97. The van der Waals surface area contributed by atoms with Crippen LogP contribution in [0.1, 0.15) is 31.4 Å². The van der Waals surface area contributed by atoms with Crippen molar-refractivity contribution in [1.29, 1.82) is 0 Å². The van der Waals surface area contributed by atoms with Gasteiger partial charge in [0.25, 0.3) is 0 Å². The number of aliphatic hydroxyl groups excluding tert-OH is 1. The molecule has 0 aromatic heterocycles. The van der Waals surface area contributed by atoms with E-state index >= 15 is 0 Å². The Morgan fingerprint density at radius 2 is 2.18 bits per heavy atom. The van der Waals surface area contributed by atoms with Gasteiger partial charge in [0.05, 0.1) is 18.3 Å². The molecular weight excluding hydrogens is 216 g/mol. The third-order valence-corrected chi connectivity index (χ3v) is 3.28. The van der Waals surface area contributed by atoms with Crippen LogP contribution in [0.3, 0.4) is 0 Å². The van der Waals surface area contributed by atoms with E-state index in [9.17, 15) is 10.2 Å². The Labute approximate surface area is 102 Å². The first kappa shape index (κ1) is 12.4. The fraction of sp³-hybridized carbons (Fsp3) is 0.571. The SMILES string of the molecule is CC(C)(O)C(O)CCc1ccc2c(c1)CCO2. The van der Waals surface area contributed by atoms with Gasteiger partial charge in [-0.1, -0.05) is 12.1 Å². The molecule has 0 spiro atoms. The lowest BCUT2D eigenvalue weighted by atomic mass is 9.95. The Kier molecular flexibility index (Phi) is 3.40. The molecule has 0 fully saturated rings. The molecule has 1 heterocycles. The lowest BCUT2D eigenvalue weighted by Crippen LogP contribution is -2.36. The maximum Gasteiger partial charge on any atom is 0.122 e. The Bertz CT molecular complexity index is 393. The standard InChI is InChI=1S/C14H20O3/c1-14(2,16)13(15)6-4-10-3-5-12-11(9-10)7-8-17-12/h3,5,9,13,15-16H,4,6-8H2,1-2H3. The summed E-state index contributed by atoms with van der Waals surface area (Å²) in [4.78, 5) is 0.